The van der Waals surface area contributed by atoms with Crippen molar-refractivity contribution in [1.29, 1.82) is 0 Å². The highest BCUT2D eigenvalue weighted by molar-refractivity contribution is 7.13. The summed E-state index contributed by atoms with van der Waals surface area (Å²) in [5.74, 6) is 1.12. The van der Waals surface area contributed by atoms with Crippen molar-refractivity contribution in [2.24, 2.45) is 4.99 Å². The first-order valence-corrected chi connectivity index (χ1v) is 13.2. The van der Waals surface area contributed by atoms with Gasteiger partial charge in [-0.3, -0.25) is 4.99 Å². The van der Waals surface area contributed by atoms with Crippen LogP contribution in [0, 0.1) is 6.92 Å². The van der Waals surface area contributed by atoms with Gasteiger partial charge in [-0.2, -0.15) is 0 Å². The van der Waals surface area contributed by atoms with Gasteiger partial charge in [-0.25, -0.2) is 4.98 Å². The Morgan fingerprint density at radius 2 is 1.71 bits per heavy atom. The molecule has 0 radical (unpaired) electrons. The number of aryl methyl sites for hydroxylation is 1. The largest absolute Gasteiger partial charge is 0.369 e. The Morgan fingerprint density at radius 3 is 2.37 bits per heavy atom. The van der Waals surface area contributed by atoms with Crippen LogP contribution >= 0.6 is 58.5 Å². The Balaban J connectivity index is 0.00000342. The van der Waals surface area contributed by atoms with Crippen molar-refractivity contribution in [3.8, 4) is 21.8 Å². The molecule has 0 unspecified atom stereocenters. The van der Waals surface area contributed by atoms with Crippen molar-refractivity contribution < 1.29 is 0 Å². The highest BCUT2D eigenvalue weighted by Gasteiger charge is 2.11. The number of benzene rings is 3. The van der Waals surface area contributed by atoms with Crippen LogP contribution in [0.4, 0.5) is 11.4 Å². The summed E-state index contributed by atoms with van der Waals surface area (Å²) in [5.41, 5.74) is 6.96. The summed E-state index contributed by atoms with van der Waals surface area (Å²) in [4.78, 5) is 11.6. The highest BCUT2D eigenvalue weighted by Crippen LogP contribution is 2.34. The molecule has 35 heavy (non-hydrogen) atoms. The molecule has 0 bridgehead atoms. The molecule has 0 atom stereocenters. The van der Waals surface area contributed by atoms with Crippen LogP contribution < -0.4 is 4.90 Å². The molecule has 1 aromatic heterocycles. The lowest BCUT2D eigenvalue weighted by Gasteiger charge is -2.23. The predicted molar refractivity (Wildman–Crippen MR) is 157 cm³/mol. The Morgan fingerprint density at radius 1 is 0.971 bits per heavy atom. The zero-order chi connectivity index (χ0) is 23.9. The summed E-state index contributed by atoms with van der Waals surface area (Å²) in [6, 6.07) is 22.3. The van der Waals surface area contributed by atoms with Crippen molar-refractivity contribution >= 4 is 76.1 Å². The molecule has 4 aromatic rings. The number of hydrogen-bond donors (Lipinski definition) is 0. The van der Waals surface area contributed by atoms with E-state index in [0.717, 1.165) is 57.4 Å². The van der Waals surface area contributed by atoms with Gasteiger partial charge in [0.15, 0.2) is 0 Å². The fourth-order valence-electron chi connectivity index (χ4n) is 3.62. The molecule has 0 N–H and O–H groups in total. The number of nitrogens with zero attached hydrogens (tertiary/aromatic N) is 3. The molecule has 3 nitrogen and oxygen atoms in total. The van der Waals surface area contributed by atoms with Crippen molar-refractivity contribution in [2.45, 2.75) is 6.92 Å². The summed E-state index contributed by atoms with van der Waals surface area (Å²) in [5, 5.41) is 3.64. The molecule has 3 aromatic carbocycles. The summed E-state index contributed by atoms with van der Waals surface area (Å²) < 4.78 is 0. The van der Waals surface area contributed by atoms with Gasteiger partial charge in [0.2, 0.25) is 0 Å². The molecule has 1 heterocycles. The molecular weight excluding hydrogens is 540 g/mol. The average Bonchev–Trinajstić information content (AvgIpc) is 3.34. The molecule has 0 saturated carbocycles. The number of rotatable bonds is 9. The van der Waals surface area contributed by atoms with Gasteiger partial charge >= 0.3 is 0 Å². The van der Waals surface area contributed by atoms with E-state index in [1.54, 1.807) is 11.3 Å². The van der Waals surface area contributed by atoms with Crippen molar-refractivity contribution in [3.63, 3.8) is 0 Å². The van der Waals surface area contributed by atoms with Crippen LogP contribution in [0.25, 0.3) is 21.8 Å². The number of aliphatic imine (C=N–C) groups is 1. The topological polar surface area (TPSA) is 28.5 Å². The molecule has 0 aliphatic carbocycles. The number of aromatic nitrogens is 1. The lowest BCUT2D eigenvalue weighted by atomic mass is 10.1. The van der Waals surface area contributed by atoms with Crippen LogP contribution in [0.5, 0.6) is 0 Å². The van der Waals surface area contributed by atoms with E-state index in [4.69, 9.17) is 39.8 Å². The number of alkyl halides is 2. The standard InChI is InChI=1S/C27H24Cl3N3S.ClH/c1-19-15-23(33(13-11-28)14-12-29)9-7-21(19)17-31-22-8-10-24(25(30)16-22)26-18-34-27(32-26)20-5-3-2-4-6-20;/h2-10,15-18H,11-14H2,1H3;1H. The third kappa shape index (κ3) is 6.99. The van der Waals surface area contributed by atoms with Crippen LogP contribution in [-0.2, 0) is 0 Å². The van der Waals surface area contributed by atoms with Gasteiger partial charge in [0.25, 0.3) is 0 Å². The van der Waals surface area contributed by atoms with Gasteiger partial charge in [-0.05, 0) is 48.4 Å². The van der Waals surface area contributed by atoms with Crippen LogP contribution in [0.3, 0.4) is 0 Å². The smallest absolute Gasteiger partial charge is 0.124 e. The van der Waals surface area contributed by atoms with Crippen LogP contribution in [-0.4, -0.2) is 36.0 Å². The minimum atomic E-state index is 0. The van der Waals surface area contributed by atoms with E-state index in [0.29, 0.717) is 16.8 Å². The molecule has 182 valence electrons. The maximum atomic E-state index is 6.61. The van der Waals surface area contributed by atoms with E-state index in [1.807, 2.05) is 48.0 Å². The van der Waals surface area contributed by atoms with E-state index in [-0.39, 0.29) is 12.4 Å². The van der Waals surface area contributed by atoms with Gasteiger partial charge in [0, 0.05) is 53.3 Å². The van der Waals surface area contributed by atoms with E-state index in [2.05, 4.69) is 47.1 Å². The quantitative estimate of drug-likeness (QED) is 0.150. The van der Waals surface area contributed by atoms with Gasteiger partial charge in [0.1, 0.15) is 5.01 Å². The lowest BCUT2D eigenvalue weighted by Crippen LogP contribution is -2.27. The third-order valence-electron chi connectivity index (χ3n) is 5.43. The average molecular weight is 565 g/mol. The SMILES string of the molecule is Cc1cc(N(CCCl)CCCl)ccc1C=Nc1ccc(-c2csc(-c3ccccc3)n2)c(Cl)c1.Cl. The minimum Gasteiger partial charge on any atom is -0.369 e. The first-order chi connectivity index (χ1) is 16.6. The Labute approximate surface area is 231 Å². The summed E-state index contributed by atoms with van der Waals surface area (Å²) >= 11 is 20.1. The number of hydrogen-bond acceptors (Lipinski definition) is 4. The molecular formula is C27H25Cl4N3S. The van der Waals surface area contributed by atoms with E-state index in [9.17, 15) is 0 Å². The third-order valence-corrected chi connectivity index (χ3v) is 6.98. The fraction of sp³-hybridized carbons (Fsp3) is 0.185. The Kier molecular flexibility index (Phi) is 10.4. The second-order valence-corrected chi connectivity index (χ2v) is 9.75. The molecule has 0 aliphatic heterocycles. The Bertz CT molecular complexity index is 1270. The van der Waals surface area contributed by atoms with E-state index >= 15 is 0 Å². The molecule has 4 rings (SSSR count). The fourth-order valence-corrected chi connectivity index (χ4v) is 5.13. The molecule has 8 heteroatoms. The highest BCUT2D eigenvalue weighted by atomic mass is 35.5. The monoisotopic (exact) mass is 563 g/mol. The molecule has 0 aliphatic rings. The second-order valence-electron chi connectivity index (χ2n) is 7.73. The summed E-state index contributed by atoms with van der Waals surface area (Å²) in [6.07, 6.45) is 1.87. The van der Waals surface area contributed by atoms with Crippen LogP contribution in [0.2, 0.25) is 5.02 Å². The van der Waals surface area contributed by atoms with Crippen LogP contribution in [0.15, 0.2) is 77.1 Å². The molecule has 0 fully saturated rings. The normalized spacial score (nSPS) is 11.0. The van der Waals surface area contributed by atoms with Crippen molar-refractivity contribution in [2.75, 3.05) is 29.7 Å². The lowest BCUT2D eigenvalue weighted by molar-refractivity contribution is 0.873. The van der Waals surface area contributed by atoms with Gasteiger partial charge < -0.3 is 4.90 Å². The number of thiazole rings is 1. The number of anilines is 1. The second kappa shape index (κ2) is 13.3. The zero-order valence-corrected chi connectivity index (χ0v) is 23.0. The maximum Gasteiger partial charge on any atom is 0.124 e. The molecule has 0 saturated heterocycles. The molecule has 0 spiro atoms. The van der Waals surface area contributed by atoms with Crippen molar-refractivity contribution in [3.05, 3.63) is 88.3 Å². The summed E-state index contributed by atoms with van der Waals surface area (Å²) in [6.45, 7) is 3.60. The number of halogens is 4. The van der Waals surface area contributed by atoms with Gasteiger partial charge in [-0.1, -0.05) is 48.0 Å². The predicted octanol–water partition coefficient (Wildman–Crippen LogP) is 8.90. The van der Waals surface area contributed by atoms with E-state index < -0.39 is 0 Å². The zero-order valence-electron chi connectivity index (χ0n) is 19.1. The molecule has 0 amide bonds. The van der Waals surface area contributed by atoms with Crippen LogP contribution in [0.1, 0.15) is 11.1 Å². The first-order valence-electron chi connectivity index (χ1n) is 10.9. The maximum absolute atomic E-state index is 6.61. The van der Waals surface area contributed by atoms with Gasteiger partial charge in [-0.15, -0.1) is 46.9 Å². The van der Waals surface area contributed by atoms with Crippen molar-refractivity contribution in [1.82, 2.24) is 4.98 Å². The minimum absolute atomic E-state index is 0. The summed E-state index contributed by atoms with van der Waals surface area (Å²) in [7, 11) is 0. The van der Waals surface area contributed by atoms with E-state index in [1.165, 1.54) is 0 Å². The Hall–Kier alpha value is -2.08. The first kappa shape index (κ1) is 27.5. The van der Waals surface area contributed by atoms with Gasteiger partial charge in [0.05, 0.1) is 16.4 Å².